The Labute approximate surface area is 140 Å². The van der Waals surface area contributed by atoms with Gasteiger partial charge in [-0.05, 0) is 35.3 Å². The Balaban J connectivity index is 2.05. The highest BCUT2D eigenvalue weighted by Crippen LogP contribution is 2.38. The maximum Gasteiger partial charge on any atom is 0.260 e. The lowest BCUT2D eigenvalue weighted by molar-refractivity contribution is 0.596. The molecule has 0 saturated carbocycles. The molecule has 1 aromatic heterocycles. The van der Waals surface area contributed by atoms with Gasteiger partial charge < -0.3 is 15.2 Å². The molecule has 0 aromatic carbocycles. The molecule has 1 atom stereocenters. The van der Waals surface area contributed by atoms with Gasteiger partial charge in [-0.2, -0.15) is 0 Å². The highest BCUT2D eigenvalue weighted by atomic mass is 32.2. The van der Waals surface area contributed by atoms with Gasteiger partial charge in [0.25, 0.3) is 5.56 Å². The van der Waals surface area contributed by atoms with Gasteiger partial charge in [-0.3, -0.25) is 4.79 Å². The summed E-state index contributed by atoms with van der Waals surface area (Å²) in [7, 11) is -1.51. The van der Waals surface area contributed by atoms with Gasteiger partial charge in [0.2, 0.25) is 0 Å². The third-order valence-electron chi connectivity index (χ3n) is 4.72. The van der Waals surface area contributed by atoms with Crippen LogP contribution in [0.2, 0.25) is 0 Å². The van der Waals surface area contributed by atoms with Crippen molar-refractivity contribution >= 4 is 21.1 Å². The van der Waals surface area contributed by atoms with Crippen molar-refractivity contribution in [2.75, 3.05) is 18.6 Å². The third-order valence-corrected chi connectivity index (χ3v) is 5.55. The molecule has 7 heteroatoms. The van der Waals surface area contributed by atoms with E-state index in [1.54, 1.807) is 13.2 Å². The summed E-state index contributed by atoms with van der Waals surface area (Å²) in [6.07, 6.45) is 7.66. The molecule has 2 aliphatic heterocycles. The van der Waals surface area contributed by atoms with Crippen molar-refractivity contribution in [2.45, 2.75) is 12.5 Å². The van der Waals surface area contributed by atoms with E-state index in [4.69, 9.17) is 0 Å². The molecule has 0 fully saturated rings. The maximum atomic E-state index is 12.8. The molecule has 3 heterocycles. The van der Waals surface area contributed by atoms with Crippen LogP contribution in [0.4, 0.5) is 0 Å². The summed E-state index contributed by atoms with van der Waals surface area (Å²) in [5.74, 6) is -0.0876. The number of pyridine rings is 1. The molecule has 0 radical (unpaired) electrons. The minimum Gasteiger partial charge on any atom is -0.384 e. The van der Waals surface area contributed by atoms with E-state index in [1.807, 2.05) is 18.3 Å². The number of allylic oxidation sites excluding steroid dienone is 1. The molecule has 1 aliphatic carbocycles. The zero-order valence-electron chi connectivity index (χ0n) is 13.6. The van der Waals surface area contributed by atoms with Crippen LogP contribution in [0.3, 0.4) is 0 Å². The lowest BCUT2D eigenvalue weighted by Crippen LogP contribution is -2.36. The fourth-order valence-electron chi connectivity index (χ4n) is 3.68. The first-order chi connectivity index (χ1) is 11.3. The largest absolute Gasteiger partial charge is 0.384 e. The van der Waals surface area contributed by atoms with E-state index in [1.165, 1.54) is 10.8 Å². The van der Waals surface area contributed by atoms with Crippen molar-refractivity contribution in [1.82, 2.24) is 15.2 Å². The van der Waals surface area contributed by atoms with E-state index < -0.39 is 9.84 Å². The van der Waals surface area contributed by atoms with E-state index in [0.717, 1.165) is 29.8 Å². The first-order valence-electron chi connectivity index (χ1n) is 7.88. The molecule has 3 aliphatic rings. The number of rotatable bonds is 2. The van der Waals surface area contributed by atoms with Gasteiger partial charge in [-0.15, -0.1) is 0 Å². The van der Waals surface area contributed by atoms with Crippen molar-refractivity contribution in [3.8, 4) is 0 Å². The van der Waals surface area contributed by atoms with E-state index in [-0.39, 0.29) is 17.4 Å². The van der Waals surface area contributed by atoms with Gasteiger partial charge in [-0.25, -0.2) is 8.42 Å². The van der Waals surface area contributed by atoms with Crippen LogP contribution < -0.4 is 16.2 Å². The maximum absolute atomic E-state index is 12.8. The van der Waals surface area contributed by atoms with E-state index >= 15 is 0 Å². The zero-order chi connectivity index (χ0) is 17.1. The quantitative estimate of drug-likeness (QED) is 0.810. The normalized spacial score (nSPS) is 21.8. The van der Waals surface area contributed by atoms with Gasteiger partial charge in [0.05, 0.1) is 23.1 Å². The van der Waals surface area contributed by atoms with Crippen LogP contribution >= 0.6 is 0 Å². The third kappa shape index (κ3) is 2.31. The summed E-state index contributed by atoms with van der Waals surface area (Å²) < 4.78 is 25.3. The van der Waals surface area contributed by atoms with Gasteiger partial charge >= 0.3 is 0 Å². The molecule has 6 nitrogen and oxygen atoms in total. The van der Waals surface area contributed by atoms with Gasteiger partial charge in [0.1, 0.15) is 0 Å². The number of nitrogens with one attached hydrogen (secondary N) is 2. The van der Waals surface area contributed by atoms with Crippen LogP contribution in [0.15, 0.2) is 40.5 Å². The van der Waals surface area contributed by atoms with E-state index in [0.29, 0.717) is 16.7 Å². The molecule has 126 valence electrons. The number of aryl methyl sites for hydroxylation is 1. The van der Waals surface area contributed by atoms with Crippen molar-refractivity contribution in [1.29, 1.82) is 0 Å². The second-order valence-electron chi connectivity index (χ2n) is 6.58. The standard InChI is InChI=1S/C17H19N3O3S/c1-20-6-4-12-11(9-24(2,22)23)7-10-8-19-13-3-5-18-16(14(10)13)15(12)17(20)21/h4,6-8,13,18-19H,3,5,9H2,1-2H3. The van der Waals surface area contributed by atoms with Crippen LogP contribution in [0.25, 0.3) is 11.3 Å². The van der Waals surface area contributed by atoms with Crippen LogP contribution in [-0.4, -0.2) is 37.6 Å². The minimum absolute atomic E-state index is 0.0876. The fraction of sp³-hybridized carbons (Fsp3) is 0.353. The molecule has 0 saturated heterocycles. The Morgan fingerprint density at radius 1 is 1.38 bits per heavy atom. The van der Waals surface area contributed by atoms with Gasteiger partial charge in [-0.1, -0.05) is 0 Å². The van der Waals surface area contributed by atoms with Crippen LogP contribution in [-0.2, 0) is 16.9 Å². The zero-order valence-corrected chi connectivity index (χ0v) is 14.4. The summed E-state index contributed by atoms with van der Waals surface area (Å²) in [6.45, 7) is 0.774. The number of fused-ring (bicyclic) bond motifs is 2. The first-order valence-corrected chi connectivity index (χ1v) is 9.94. The van der Waals surface area contributed by atoms with Crippen molar-refractivity contribution in [3.05, 3.63) is 57.2 Å². The smallest absolute Gasteiger partial charge is 0.260 e. The Bertz CT molecular complexity index is 996. The molecular formula is C17H19N3O3S. The first kappa shape index (κ1) is 15.3. The minimum atomic E-state index is -3.22. The molecule has 0 bridgehead atoms. The molecule has 1 unspecified atom stereocenters. The number of hydrogen-bond donors (Lipinski definition) is 2. The Morgan fingerprint density at radius 3 is 2.92 bits per heavy atom. The van der Waals surface area contributed by atoms with Crippen molar-refractivity contribution in [3.63, 3.8) is 0 Å². The molecule has 1 aromatic rings. The lowest BCUT2D eigenvalue weighted by Gasteiger charge is -2.26. The highest BCUT2D eigenvalue weighted by Gasteiger charge is 2.34. The second-order valence-corrected chi connectivity index (χ2v) is 8.72. The Hall–Kier alpha value is -2.28. The average Bonchev–Trinajstić information content (AvgIpc) is 2.85. The fourth-order valence-corrected chi connectivity index (χ4v) is 4.49. The molecule has 4 rings (SSSR count). The monoisotopic (exact) mass is 345 g/mol. The molecule has 0 amide bonds. The van der Waals surface area contributed by atoms with Crippen LogP contribution in [0.5, 0.6) is 0 Å². The van der Waals surface area contributed by atoms with Gasteiger partial charge in [0, 0.05) is 37.8 Å². The Kier molecular flexibility index (Phi) is 3.25. The highest BCUT2D eigenvalue weighted by molar-refractivity contribution is 7.91. The van der Waals surface area contributed by atoms with E-state index in [9.17, 15) is 13.2 Å². The summed E-state index contributed by atoms with van der Waals surface area (Å²) in [4.78, 5) is 12.8. The molecule has 24 heavy (non-hydrogen) atoms. The lowest BCUT2D eigenvalue weighted by atomic mass is 9.92. The SMILES string of the molecule is Cn1ccc2c(c1=O)C1=C3C(=CNC3CCN1)C=C2CS(C)(=O)=O. The predicted octanol–water partition coefficient (Wildman–Crippen LogP) is 0.387. The summed E-state index contributed by atoms with van der Waals surface area (Å²) in [6, 6.07) is 2.00. The summed E-state index contributed by atoms with van der Waals surface area (Å²) in [5.41, 5.74) is 4.67. The summed E-state index contributed by atoms with van der Waals surface area (Å²) in [5, 5.41) is 6.72. The number of nitrogens with zero attached hydrogens (tertiary/aromatic N) is 1. The van der Waals surface area contributed by atoms with Crippen LogP contribution in [0.1, 0.15) is 17.5 Å². The number of aromatic nitrogens is 1. The molecule has 2 N–H and O–H groups in total. The van der Waals surface area contributed by atoms with Crippen LogP contribution in [0, 0.1) is 0 Å². The van der Waals surface area contributed by atoms with Crippen molar-refractivity contribution < 1.29 is 8.42 Å². The van der Waals surface area contributed by atoms with Gasteiger partial charge in [0.15, 0.2) is 9.84 Å². The predicted molar refractivity (Wildman–Crippen MR) is 93.9 cm³/mol. The topological polar surface area (TPSA) is 80.2 Å². The second kappa shape index (κ2) is 5.11. The average molecular weight is 345 g/mol. The molecular weight excluding hydrogens is 326 g/mol. The summed E-state index contributed by atoms with van der Waals surface area (Å²) >= 11 is 0. The molecule has 0 spiro atoms. The van der Waals surface area contributed by atoms with E-state index in [2.05, 4.69) is 10.6 Å². The number of sulfone groups is 1. The Morgan fingerprint density at radius 2 is 2.17 bits per heavy atom. The van der Waals surface area contributed by atoms with Crippen molar-refractivity contribution in [2.24, 2.45) is 7.05 Å². The number of hydrogen-bond acceptors (Lipinski definition) is 5.